The lowest BCUT2D eigenvalue weighted by atomic mass is 9.88. The van der Waals surface area contributed by atoms with Crippen LogP contribution in [0.25, 0.3) is 0 Å². The van der Waals surface area contributed by atoms with Crippen LogP contribution in [0.5, 0.6) is 0 Å². The minimum absolute atomic E-state index is 0.592. The SMILES string of the molecule is c1ccc2c(c1)CSCC2NCC1CC2CCC1C2. The van der Waals surface area contributed by atoms with Gasteiger partial charge in [-0.05, 0) is 54.7 Å². The first-order valence-corrected chi connectivity index (χ1v) is 8.94. The number of thioether (sulfide) groups is 1. The molecule has 1 aliphatic heterocycles. The van der Waals surface area contributed by atoms with Gasteiger partial charge in [-0.15, -0.1) is 0 Å². The van der Waals surface area contributed by atoms with Crippen molar-refractivity contribution in [3.63, 3.8) is 0 Å². The maximum absolute atomic E-state index is 3.88. The van der Waals surface area contributed by atoms with Gasteiger partial charge in [0.2, 0.25) is 0 Å². The highest BCUT2D eigenvalue weighted by Gasteiger charge is 2.39. The Morgan fingerprint density at radius 1 is 1.16 bits per heavy atom. The molecule has 0 aromatic heterocycles. The highest BCUT2D eigenvalue weighted by molar-refractivity contribution is 7.98. The molecule has 2 bridgehead atoms. The number of nitrogens with one attached hydrogen (secondary N) is 1. The maximum atomic E-state index is 3.88. The quantitative estimate of drug-likeness (QED) is 0.893. The Labute approximate surface area is 120 Å². The van der Waals surface area contributed by atoms with Gasteiger partial charge < -0.3 is 5.32 Å². The zero-order valence-corrected chi connectivity index (χ0v) is 12.3. The van der Waals surface area contributed by atoms with E-state index in [9.17, 15) is 0 Å². The third-order valence-corrected chi connectivity index (χ3v) is 6.57. The molecule has 102 valence electrons. The number of hydrogen-bond donors (Lipinski definition) is 1. The molecule has 2 heteroatoms. The molecule has 3 aliphatic rings. The molecule has 2 saturated carbocycles. The van der Waals surface area contributed by atoms with Gasteiger partial charge in [0, 0.05) is 17.5 Å². The van der Waals surface area contributed by atoms with Crippen LogP contribution in [0.15, 0.2) is 24.3 Å². The van der Waals surface area contributed by atoms with E-state index in [-0.39, 0.29) is 0 Å². The fourth-order valence-electron chi connectivity index (χ4n) is 4.47. The molecule has 2 aliphatic carbocycles. The van der Waals surface area contributed by atoms with Gasteiger partial charge in [-0.2, -0.15) is 11.8 Å². The van der Waals surface area contributed by atoms with Gasteiger partial charge in [-0.25, -0.2) is 0 Å². The molecule has 0 spiro atoms. The van der Waals surface area contributed by atoms with Gasteiger partial charge in [0.15, 0.2) is 0 Å². The van der Waals surface area contributed by atoms with Gasteiger partial charge in [0.1, 0.15) is 0 Å². The molecule has 4 rings (SSSR count). The Kier molecular flexibility index (Phi) is 3.32. The van der Waals surface area contributed by atoms with E-state index in [2.05, 4.69) is 41.3 Å². The molecular weight excluding hydrogens is 250 g/mol. The summed E-state index contributed by atoms with van der Waals surface area (Å²) in [6.07, 6.45) is 6.05. The van der Waals surface area contributed by atoms with E-state index >= 15 is 0 Å². The summed E-state index contributed by atoms with van der Waals surface area (Å²) in [5.74, 6) is 5.53. The molecule has 2 fully saturated rings. The summed E-state index contributed by atoms with van der Waals surface area (Å²) in [5, 5.41) is 3.88. The molecule has 1 heterocycles. The number of hydrogen-bond acceptors (Lipinski definition) is 2. The highest BCUT2D eigenvalue weighted by atomic mass is 32.2. The van der Waals surface area contributed by atoms with E-state index in [0.717, 1.165) is 17.8 Å². The van der Waals surface area contributed by atoms with Gasteiger partial charge in [-0.1, -0.05) is 30.7 Å². The molecular formula is C17H23NS. The molecule has 19 heavy (non-hydrogen) atoms. The number of fused-ring (bicyclic) bond motifs is 3. The van der Waals surface area contributed by atoms with Crippen molar-refractivity contribution in [1.29, 1.82) is 0 Å². The average Bonchev–Trinajstić information content (AvgIpc) is 3.07. The van der Waals surface area contributed by atoms with Crippen LogP contribution in [0.4, 0.5) is 0 Å². The summed E-state index contributed by atoms with van der Waals surface area (Å²) in [7, 11) is 0. The summed E-state index contributed by atoms with van der Waals surface area (Å²) in [6, 6.07) is 9.59. The van der Waals surface area contributed by atoms with E-state index in [1.54, 1.807) is 11.1 Å². The van der Waals surface area contributed by atoms with Crippen LogP contribution >= 0.6 is 11.8 Å². The average molecular weight is 273 g/mol. The second-order valence-electron chi connectivity index (χ2n) is 6.61. The van der Waals surface area contributed by atoms with E-state index in [1.807, 2.05) is 0 Å². The summed E-state index contributed by atoms with van der Waals surface area (Å²) < 4.78 is 0. The topological polar surface area (TPSA) is 12.0 Å². The fraction of sp³-hybridized carbons (Fsp3) is 0.647. The lowest BCUT2D eigenvalue weighted by Crippen LogP contribution is -2.32. The van der Waals surface area contributed by atoms with Crippen molar-refractivity contribution in [2.45, 2.75) is 37.5 Å². The van der Waals surface area contributed by atoms with Gasteiger partial charge in [0.05, 0.1) is 0 Å². The molecule has 0 saturated heterocycles. The maximum Gasteiger partial charge on any atom is 0.0415 e. The monoisotopic (exact) mass is 273 g/mol. The second-order valence-corrected chi connectivity index (χ2v) is 7.64. The van der Waals surface area contributed by atoms with Crippen LogP contribution < -0.4 is 5.32 Å². The number of benzene rings is 1. The lowest BCUT2D eigenvalue weighted by Gasteiger charge is -2.29. The Bertz CT molecular complexity index is 458. The van der Waals surface area contributed by atoms with Crippen LogP contribution in [-0.4, -0.2) is 12.3 Å². The Balaban J connectivity index is 1.41. The summed E-state index contributed by atoms with van der Waals surface area (Å²) in [4.78, 5) is 0. The minimum atomic E-state index is 0.592. The molecule has 4 atom stereocenters. The molecule has 1 nitrogen and oxygen atoms in total. The van der Waals surface area contributed by atoms with E-state index in [4.69, 9.17) is 0 Å². The fourth-order valence-corrected chi connectivity index (χ4v) is 5.60. The molecule has 4 unspecified atom stereocenters. The largest absolute Gasteiger partial charge is 0.309 e. The van der Waals surface area contributed by atoms with Gasteiger partial charge in [0.25, 0.3) is 0 Å². The Hall–Kier alpha value is -0.470. The first-order chi connectivity index (χ1) is 9.40. The van der Waals surface area contributed by atoms with Crippen LogP contribution in [0, 0.1) is 17.8 Å². The smallest absolute Gasteiger partial charge is 0.0415 e. The van der Waals surface area contributed by atoms with Gasteiger partial charge >= 0.3 is 0 Å². The predicted molar refractivity (Wildman–Crippen MR) is 82.3 cm³/mol. The van der Waals surface area contributed by atoms with Crippen molar-refractivity contribution in [3.8, 4) is 0 Å². The van der Waals surface area contributed by atoms with Crippen molar-refractivity contribution in [2.24, 2.45) is 17.8 Å². The van der Waals surface area contributed by atoms with Crippen LogP contribution in [-0.2, 0) is 5.75 Å². The summed E-state index contributed by atoms with van der Waals surface area (Å²) >= 11 is 2.08. The van der Waals surface area contributed by atoms with Crippen molar-refractivity contribution in [2.75, 3.05) is 12.3 Å². The minimum Gasteiger partial charge on any atom is -0.309 e. The standard InChI is InChI=1S/C17H23NS/c1-2-4-16-14(3-1)10-19-11-17(16)18-9-15-8-12-5-6-13(15)7-12/h1-4,12-13,15,17-18H,5-11H2. The molecule has 0 radical (unpaired) electrons. The van der Waals surface area contributed by atoms with Crippen molar-refractivity contribution < 1.29 is 0 Å². The highest BCUT2D eigenvalue weighted by Crippen LogP contribution is 2.48. The molecule has 1 N–H and O–H groups in total. The first-order valence-electron chi connectivity index (χ1n) is 7.79. The predicted octanol–water partition coefficient (Wildman–Crippen LogP) is 4.00. The van der Waals surface area contributed by atoms with Gasteiger partial charge in [-0.3, -0.25) is 0 Å². The zero-order valence-electron chi connectivity index (χ0n) is 11.5. The van der Waals surface area contributed by atoms with Crippen molar-refractivity contribution in [1.82, 2.24) is 5.32 Å². The van der Waals surface area contributed by atoms with Crippen molar-refractivity contribution >= 4 is 11.8 Å². The first kappa shape index (κ1) is 12.3. The third kappa shape index (κ3) is 2.34. The van der Waals surface area contributed by atoms with E-state index in [1.165, 1.54) is 43.7 Å². The summed E-state index contributed by atoms with van der Waals surface area (Å²) in [6.45, 7) is 1.25. The third-order valence-electron chi connectivity index (χ3n) is 5.48. The molecule has 1 aromatic rings. The molecule has 0 amide bonds. The second kappa shape index (κ2) is 5.14. The van der Waals surface area contributed by atoms with Crippen LogP contribution in [0.2, 0.25) is 0 Å². The molecule has 1 aromatic carbocycles. The number of rotatable bonds is 3. The normalized spacial score (nSPS) is 36.4. The lowest BCUT2D eigenvalue weighted by molar-refractivity contribution is 0.310. The summed E-state index contributed by atoms with van der Waals surface area (Å²) in [5.41, 5.74) is 3.11. The van der Waals surface area contributed by atoms with Crippen molar-refractivity contribution in [3.05, 3.63) is 35.4 Å². The van der Waals surface area contributed by atoms with Crippen LogP contribution in [0.1, 0.15) is 42.9 Å². The van der Waals surface area contributed by atoms with E-state index in [0.29, 0.717) is 6.04 Å². The Morgan fingerprint density at radius 2 is 2.11 bits per heavy atom. The zero-order chi connectivity index (χ0) is 12.7. The Morgan fingerprint density at radius 3 is 2.95 bits per heavy atom. The van der Waals surface area contributed by atoms with Crippen LogP contribution in [0.3, 0.4) is 0 Å². The van der Waals surface area contributed by atoms with E-state index < -0.39 is 0 Å².